The first-order chi connectivity index (χ1) is 13.8. The molecule has 28 heavy (non-hydrogen) atoms. The van der Waals surface area contributed by atoms with Crippen molar-refractivity contribution in [2.24, 2.45) is 0 Å². The van der Waals surface area contributed by atoms with Crippen LogP contribution in [0.4, 0.5) is 4.79 Å². The summed E-state index contributed by atoms with van der Waals surface area (Å²) in [5, 5.41) is 10.7. The van der Waals surface area contributed by atoms with E-state index in [4.69, 9.17) is 0 Å². The van der Waals surface area contributed by atoms with Crippen LogP contribution < -0.4 is 0 Å². The molecule has 0 atom stereocenters. The van der Waals surface area contributed by atoms with E-state index in [-0.39, 0.29) is 6.03 Å². The Kier molecular flexibility index (Phi) is 4.25. The molecule has 6 nitrogen and oxygen atoms in total. The summed E-state index contributed by atoms with van der Waals surface area (Å²) in [4.78, 5) is 17.1. The van der Waals surface area contributed by atoms with Crippen LogP contribution in [0.2, 0.25) is 0 Å². The van der Waals surface area contributed by atoms with E-state index in [0.29, 0.717) is 13.1 Å². The van der Waals surface area contributed by atoms with E-state index in [2.05, 4.69) is 57.7 Å². The molecule has 1 aromatic heterocycles. The van der Waals surface area contributed by atoms with Gasteiger partial charge in [0.15, 0.2) is 0 Å². The summed E-state index contributed by atoms with van der Waals surface area (Å²) in [5.41, 5.74) is 2.80. The number of rotatable bonds is 2. The molecule has 0 unspecified atom stereocenters. The smallest absolute Gasteiger partial charge is 0.320 e. The molecule has 0 N–H and O–H groups in total. The number of aromatic nitrogens is 3. The van der Waals surface area contributed by atoms with E-state index in [1.165, 1.54) is 21.0 Å². The molecule has 140 valence electrons. The van der Waals surface area contributed by atoms with Gasteiger partial charge in [-0.1, -0.05) is 53.7 Å². The second-order valence-electron chi connectivity index (χ2n) is 7.22. The van der Waals surface area contributed by atoms with Crippen molar-refractivity contribution < 1.29 is 4.79 Å². The molecule has 0 saturated carbocycles. The summed E-state index contributed by atoms with van der Waals surface area (Å²) in [7, 11) is 0. The minimum absolute atomic E-state index is 0.0981. The lowest BCUT2D eigenvalue weighted by molar-refractivity contribution is 0.135. The number of nitrogens with zero attached hydrogens (tertiary/aromatic N) is 5. The van der Waals surface area contributed by atoms with Gasteiger partial charge in [-0.15, -0.1) is 5.10 Å². The fraction of sp³-hybridized carbons (Fsp3) is 0.227. The van der Waals surface area contributed by atoms with Crippen LogP contribution in [0.5, 0.6) is 0 Å². The van der Waals surface area contributed by atoms with Crippen LogP contribution in [0, 0.1) is 0 Å². The second kappa shape index (κ2) is 7.05. The van der Waals surface area contributed by atoms with E-state index >= 15 is 0 Å². The molecule has 0 radical (unpaired) electrons. The van der Waals surface area contributed by atoms with Crippen molar-refractivity contribution in [3.8, 4) is 0 Å². The van der Waals surface area contributed by atoms with Crippen molar-refractivity contribution in [2.75, 3.05) is 26.2 Å². The Balaban J connectivity index is 1.25. The maximum absolute atomic E-state index is 12.9. The molecule has 1 fully saturated rings. The SMILES string of the molecule is O=C(N1CCN(Cc2ccc3ccccc3c2)CC1)n1nnc2ccccc21. The van der Waals surface area contributed by atoms with Gasteiger partial charge in [-0.25, -0.2) is 4.79 Å². The summed E-state index contributed by atoms with van der Waals surface area (Å²) in [5.74, 6) is 0. The lowest BCUT2D eigenvalue weighted by Gasteiger charge is -2.34. The van der Waals surface area contributed by atoms with Gasteiger partial charge >= 0.3 is 6.03 Å². The third-order valence-electron chi connectivity index (χ3n) is 5.40. The molecule has 0 bridgehead atoms. The third-order valence-corrected chi connectivity index (χ3v) is 5.40. The zero-order chi connectivity index (χ0) is 18.9. The fourth-order valence-electron chi connectivity index (χ4n) is 3.84. The highest BCUT2D eigenvalue weighted by Crippen LogP contribution is 2.18. The Morgan fingerprint density at radius 1 is 0.857 bits per heavy atom. The normalized spacial score (nSPS) is 15.4. The summed E-state index contributed by atoms with van der Waals surface area (Å²) < 4.78 is 1.41. The number of hydrogen-bond donors (Lipinski definition) is 0. The average Bonchev–Trinajstić information content (AvgIpc) is 3.18. The fourth-order valence-corrected chi connectivity index (χ4v) is 3.84. The number of para-hydroxylation sites is 1. The quantitative estimate of drug-likeness (QED) is 0.542. The monoisotopic (exact) mass is 371 g/mol. The van der Waals surface area contributed by atoms with Crippen LogP contribution in [-0.4, -0.2) is 57.0 Å². The first-order valence-electron chi connectivity index (χ1n) is 9.58. The van der Waals surface area contributed by atoms with Crippen molar-refractivity contribution in [1.82, 2.24) is 24.8 Å². The largest absolute Gasteiger partial charge is 0.346 e. The van der Waals surface area contributed by atoms with Crippen molar-refractivity contribution in [3.05, 3.63) is 72.3 Å². The van der Waals surface area contributed by atoms with Crippen LogP contribution in [-0.2, 0) is 6.54 Å². The topological polar surface area (TPSA) is 54.3 Å². The van der Waals surface area contributed by atoms with E-state index in [9.17, 15) is 4.79 Å². The number of amides is 1. The lowest BCUT2D eigenvalue weighted by atomic mass is 10.1. The van der Waals surface area contributed by atoms with E-state index in [1.807, 2.05) is 29.2 Å². The molecule has 1 aliphatic heterocycles. The molecule has 1 saturated heterocycles. The molecule has 1 aliphatic rings. The summed E-state index contributed by atoms with van der Waals surface area (Å²) >= 11 is 0. The standard InChI is InChI=1S/C22H21N5O/c28-22(27-21-8-4-3-7-20(21)23-24-27)26-13-11-25(12-14-26)16-17-9-10-18-5-1-2-6-19(18)15-17/h1-10,15H,11-14,16H2. The Morgan fingerprint density at radius 2 is 1.61 bits per heavy atom. The van der Waals surface area contributed by atoms with Crippen LogP contribution in [0.25, 0.3) is 21.8 Å². The summed E-state index contributed by atoms with van der Waals surface area (Å²) in [6, 6.07) is 22.5. The average molecular weight is 371 g/mol. The highest BCUT2D eigenvalue weighted by Gasteiger charge is 2.24. The van der Waals surface area contributed by atoms with Crippen LogP contribution >= 0.6 is 0 Å². The number of piperazine rings is 1. The lowest BCUT2D eigenvalue weighted by Crippen LogP contribution is -2.49. The van der Waals surface area contributed by atoms with E-state index in [0.717, 1.165) is 30.7 Å². The predicted molar refractivity (Wildman–Crippen MR) is 109 cm³/mol. The van der Waals surface area contributed by atoms with Crippen molar-refractivity contribution in [1.29, 1.82) is 0 Å². The number of carbonyl (C=O) groups is 1. The predicted octanol–water partition coefficient (Wildman–Crippen LogP) is 3.37. The van der Waals surface area contributed by atoms with Crippen LogP contribution in [0.3, 0.4) is 0 Å². The van der Waals surface area contributed by atoms with Gasteiger partial charge in [0.25, 0.3) is 0 Å². The Morgan fingerprint density at radius 3 is 2.46 bits per heavy atom. The Bertz CT molecular complexity index is 1140. The summed E-state index contributed by atoms with van der Waals surface area (Å²) in [6.07, 6.45) is 0. The van der Waals surface area contributed by atoms with Gasteiger partial charge < -0.3 is 4.90 Å². The van der Waals surface area contributed by atoms with Gasteiger partial charge in [-0.05, 0) is 34.5 Å². The Labute approximate surface area is 163 Å². The van der Waals surface area contributed by atoms with Gasteiger partial charge in [-0.2, -0.15) is 4.68 Å². The zero-order valence-corrected chi connectivity index (χ0v) is 15.5. The molecule has 1 amide bonds. The number of fused-ring (bicyclic) bond motifs is 2. The van der Waals surface area contributed by atoms with E-state index < -0.39 is 0 Å². The van der Waals surface area contributed by atoms with Crippen molar-refractivity contribution in [3.63, 3.8) is 0 Å². The van der Waals surface area contributed by atoms with Crippen molar-refractivity contribution in [2.45, 2.75) is 6.54 Å². The molecule has 0 spiro atoms. The van der Waals surface area contributed by atoms with Gasteiger partial charge in [-0.3, -0.25) is 4.90 Å². The van der Waals surface area contributed by atoms with Crippen molar-refractivity contribution >= 4 is 27.8 Å². The van der Waals surface area contributed by atoms with Gasteiger partial charge in [0.05, 0.1) is 5.52 Å². The highest BCUT2D eigenvalue weighted by atomic mass is 16.2. The molecule has 6 heteroatoms. The maximum atomic E-state index is 12.9. The van der Waals surface area contributed by atoms with Crippen LogP contribution in [0.15, 0.2) is 66.7 Å². The second-order valence-corrected chi connectivity index (χ2v) is 7.22. The molecule has 4 aromatic rings. The van der Waals surface area contributed by atoms with Gasteiger partial charge in [0.1, 0.15) is 5.52 Å². The number of benzene rings is 3. The molecule has 5 rings (SSSR count). The molecular weight excluding hydrogens is 350 g/mol. The number of carbonyl (C=O) groups excluding carboxylic acids is 1. The third kappa shape index (κ3) is 3.12. The van der Waals surface area contributed by atoms with Gasteiger partial charge in [0.2, 0.25) is 0 Å². The summed E-state index contributed by atoms with van der Waals surface area (Å²) in [6.45, 7) is 4.00. The first-order valence-corrected chi connectivity index (χ1v) is 9.58. The number of hydrogen-bond acceptors (Lipinski definition) is 4. The zero-order valence-electron chi connectivity index (χ0n) is 15.5. The first kappa shape index (κ1) is 16.9. The van der Waals surface area contributed by atoms with E-state index in [1.54, 1.807) is 0 Å². The highest BCUT2D eigenvalue weighted by molar-refractivity contribution is 5.87. The minimum atomic E-state index is -0.0981. The van der Waals surface area contributed by atoms with Crippen LogP contribution in [0.1, 0.15) is 5.56 Å². The molecule has 0 aliphatic carbocycles. The Hall–Kier alpha value is -3.25. The molecular formula is C22H21N5O. The molecule has 2 heterocycles. The minimum Gasteiger partial charge on any atom is -0.320 e. The molecule has 3 aromatic carbocycles. The maximum Gasteiger partial charge on any atom is 0.346 e. The van der Waals surface area contributed by atoms with Gasteiger partial charge in [0, 0.05) is 32.7 Å².